The van der Waals surface area contributed by atoms with Gasteiger partial charge in [0.05, 0.1) is 5.70 Å². The van der Waals surface area contributed by atoms with Gasteiger partial charge in [-0.2, -0.15) is 0 Å². The Bertz CT molecular complexity index is 552. The van der Waals surface area contributed by atoms with Crippen molar-refractivity contribution in [2.24, 2.45) is 9.98 Å². The highest BCUT2D eigenvalue weighted by Gasteiger charge is 2.02. The minimum Gasteiger partial charge on any atom is -0.238 e. The summed E-state index contributed by atoms with van der Waals surface area (Å²) in [6, 6.07) is 0. The molecular weight excluding hydrogens is 268 g/mol. The molecule has 0 saturated heterocycles. The molecule has 0 unspecified atom stereocenters. The second-order valence-corrected chi connectivity index (χ2v) is 4.66. The minimum atomic E-state index is 0.737. The summed E-state index contributed by atoms with van der Waals surface area (Å²) in [4.78, 5) is 9.17. The first-order chi connectivity index (χ1) is 10.5. The van der Waals surface area contributed by atoms with Gasteiger partial charge in [-0.15, -0.1) is 0 Å². The molecule has 2 nitrogen and oxygen atoms in total. The molecule has 0 aromatic rings. The van der Waals surface area contributed by atoms with Crippen LogP contribution in [0.2, 0.25) is 0 Å². The number of nitrogens with zero attached hydrogens (tertiary/aromatic N) is 2. The molecule has 2 heteroatoms. The highest BCUT2D eigenvalue weighted by atomic mass is 14.9. The Morgan fingerprint density at radius 3 is 2.23 bits per heavy atom. The number of aliphatic imine (C=N–C) groups is 2. The number of allylic oxidation sites excluding steroid dienone is 7. The highest BCUT2D eigenvalue weighted by Crippen LogP contribution is 2.14. The molecule has 0 N–H and O–H groups in total. The molecule has 0 saturated carbocycles. The molecule has 0 spiro atoms. The molecule has 0 fully saturated rings. The van der Waals surface area contributed by atoms with E-state index in [9.17, 15) is 0 Å². The molecule has 0 bridgehead atoms. The maximum atomic E-state index is 4.59. The van der Waals surface area contributed by atoms with E-state index < -0.39 is 0 Å². The molecule has 0 heterocycles. The summed E-state index contributed by atoms with van der Waals surface area (Å²) < 4.78 is 0. The highest BCUT2D eigenvalue weighted by molar-refractivity contribution is 6.07. The topological polar surface area (TPSA) is 24.7 Å². The first-order valence-corrected chi connectivity index (χ1v) is 7.64. The summed E-state index contributed by atoms with van der Waals surface area (Å²) in [5.41, 5.74) is 3.59. The van der Waals surface area contributed by atoms with Gasteiger partial charge in [0.25, 0.3) is 0 Å². The van der Waals surface area contributed by atoms with E-state index in [1.807, 2.05) is 39.0 Å². The maximum absolute atomic E-state index is 4.59. The molecule has 0 aliphatic rings. The maximum Gasteiger partial charge on any atom is 0.128 e. The van der Waals surface area contributed by atoms with Crippen LogP contribution in [0.25, 0.3) is 0 Å². The van der Waals surface area contributed by atoms with Gasteiger partial charge in [-0.25, -0.2) is 9.98 Å². The first-order valence-electron chi connectivity index (χ1n) is 7.64. The fourth-order valence-corrected chi connectivity index (χ4v) is 1.81. The van der Waals surface area contributed by atoms with Gasteiger partial charge < -0.3 is 0 Å². The molecule has 0 atom stereocenters. The quantitative estimate of drug-likeness (QED) is 0.299. The summed E-state index contributed by atoms with van der Waals surface area (Å²) >= 11 is 0. The summed E-state index contributed by atoms with van der Waals surface area (Å²) in [6.45, 7) is 19.6. The van der Waals surface area contributed by atoms with E-state index in [-0.39, 0.29) is 0 Å². The number of hydrogen-bond acceptors (Lipinski definition) is 1. The molecular formula is C20H28N2. The monoisotopic (exact) mass is 296 g/mol. The van der Waals surface area contributed by atoms with Crippen LogP contribution in [0.3, 0.4) is 0 Å². The van der Waals surface area contributed by atoms with Crippen molar-refractivity contribution >= 4 is 11.5 Å². The van der Waals surface area contributed by atoms with E-state index in [1.54, 1.807) is 12.2 Å². The van der Waals surface area contributed by atoms with Crippen molar-refractivity contribution in [3.05, 3.63) is 73.0 Å². The molecule has 0 aromatic carbocycles. The molecule has 0 aromatic heterocycles. The zero-order valence-corrected chi connectivity index (χ0v) is 14.4. The van der Waals surface area contributed by atoms with E-state index in [4.69, 9.17) is 0 Å². The van der Waals surface area contributed by atoms with E-state index >= 15 is 0 Å². The predicted molar refractivity (Wildman–Crippen MR) is 102 cm³/mol. The van der Waals surface area contributed by atoms with Gasteiger partial charge >= 0.3 is 0 Å². The van der Waals surface area contributed by atoms with E-state index in [0.29, 0.717) is 0 Å². The van der Waals surface area contributed by atoms with Gasteiger partial charge in [-0.1, -0.05) is 70.0 Å². The van der Waals surface area contributed by atoms with E-state index in [0.717, 1.165) is 41.2 Å². The summed E-state index contributed by atoms with van der Waals surface area (Å²) in [7, 11) is 0. The second kappa shape index (κ2) is 11.4. The Morgan fingerprint density at radius 1 is 1.09 bits per heavy atom. The lowest BCUT2D eigenvalue weighted by Gasteiger charge is -2.06. The van der Waals surface area contributed by atoms with Crippen molar-refractivity contribution in [2.45, 2.75) is 40.5 Å². The van der Waals surface area contributed by atoms with Gasteiger partial charge in [-0.3, -0.25) is 0 Å². The fourth-order valence-electron chi connectivity index (χ4n) is 1.81. The smallest absolute Gasteiger partial charge is 0.128 e. The van der Waals surface area contributed by atoms with Gasteiger partial charge in [0.2, 0.25) is 0 Å². The number of rotatable bonds is 8. The van der Waals surface area contributed by atoms with Gasteiger partial charge in [0.1, 0.15) is 5.84 Å². The summed E-state index contributed by atoms with van der Waals surface area (Å²) in [6.07, 6.45) is 13.2. The Morgan fingerprint density at radius 2 is 1.77 bits per heavy atom. The second-order valence-electron chi connectivity index (χ2n) is 4.66. The third kappa shape index (κ3) is 6.98. The lowest BCUT2D eigenvalue weighted by Crippen LogP contribution is -2.02. The standard InChI is InChI=1S/C20H28N2/c1-8-13-18(11-4)16(6)21-20(12-5)22-17(7)19(14-9-2)15-10-3/h8-9,11,13-15H,1,4,7,10,12H2,2-3,5-6H3/b14-9-,18-13+,19-15+,21-16?,22-20?. The van der Waals surface area contributed by atoms with Crippen LogP contribution in [0.4, 0.5) is 0 Å². The first kappa shape index (κ1) is 19.8. The van der Waals surface area contributed by atoms with Crippen molar-refractivity contribution in [1.29, 1.82) is 0 Å². The number of amidine groups is 1. The van der Waals surface area contributed by atoms with Crippen molar-refractivity contribution in [1.82, 2.24) is 0 Å². The van der Waals surface area contributed by atoms with Crippen LogP contribution in [0.1, 0.15) is 40.5 Å². The van der Waals surface area contributed by atoms with Crippen molar-refractivity contribution in [3.8, 4) is 0 Å². The molecule has 0 aliphatic heterocycles. The van der Waals surface area contributed by atoms with Crippen molar-refractivity contribution in [3.63, 3.8) is 0 Å². The van der Waals surface area contributed by atoms with Crippen LogP contribution in [0, 0.1) is 0 Å². The third-order valence-corrected chi connectivity index (χ3v) is 2.92. The van der Waals surface area contributed by atoms with Gasteiger partial charge in [0, 0.05) is 12.1 Å². The van der Waals surface area contributed by atoms with Crippen LogP contribution in [-0.4, -0.2) is 11.5 Å². The molecule has 22 heavy (non-hydrogen) atoms. The molecule has 0 aliphatic carbocycles. The average molecular weight is 296 g/mol. The largest absolute Gasteiger partial charge is 0.238 e. The predicted octanol–water partition coefficient (Wildman–Crippen LogP) is 5.98. The van der Waals surface area contributed by atoms with E-state index in [1.165, 1.54) is 0 Å². The molecule has 118 valence electrons. The normalized spacial score (nSPS) is 14.4. The number of hydrogen-bond donors (Lipinski definition) is 0. The van der Waals surface area contributed by atoms with Crippen LogP contribution in [-0.2, 0) is 0 Å². The van der Waals surface area contributed by atoms with Crippen molar-refractivity contribution in [2.75, 3.05) is 0 Å². The van der Waals surface area contributed by atoms with Crippen LogP contribution >= 0.6 is 0 Å². The summed E-state index contributed by atoms with van der Waals surface area (Å²) in [5.74, 6) is 0.755. The SMILES string of the molecule is C=C/C=C(\C=C)C(C)=NC(CC)=NC(=C)C(/C=C\C)=C/CC. The average Bonchev–Trinajstić information content (AvgIpc) is 2.51. The van der Waals surface area contributed by atoms with Crippen LogP contribution in [0.5, 0.6) is 0 Å². The minimum absolute atomic E-state index is 0.737. The Hall–Kier alpha value is -2.22. The Kier molecular flexibility index (Phi) is 10.3. The van der Waals surface area contributed by atoms with E-state index in [2.05, 4.69) is 42.7 Å². The molecule has 0 amide bonds. The zero-order valence-electron chi connectivity index (χ0n) is 14.4. The molecule has 0 radical (unpaired) electrons. The van der Waals surface area contributed by atoms with Gasteiger partial charge in [-0.05, 0) is 31.4 Å². The van der Waals surface area contributed by atoms with Crippen LogP contribution in [0.15, 0.2) is 83.0 Å². The molecule has 0 rings (SSSR count). The Labute approximate surface area is 135 Å². The van der Waals surface area contributed by atoms with Gasteiger partial charge in [0.15, 0.2) is 0 Å². The fraction of sp³-hybridized carbons (Fsp3) is 0.300. The van der Waals surface area contributed by atoms with Crippen molar-refractivity contribution < 1.29 is 0 Å². The third-order valence-electron chi connectivity index (χ3n) is 2.92. The van der Waals surface area contributed by atoms with Crippen LogP contribution < -0.4 is 0 Å². The zero-order chi connectivity index (χ0) is 17.0. The lowest BCUT2D eigenvalue weighted by molar-refractivity contribution is 1.17. The lowest BCUT2D eigenvalue weighted by atomic mass is 10.1. The summed E-state index contributed by atoms with van der Waals surface area (Å²) in [5, 5.41) is 0. The Balaban J connectivity index is 5.54.